The first kappa shape index (κ1) is 29.8. The Hall–Kier alpha value is -7.11. The normalized spacial score (nSPS) is 12.0. The van der Waals surface area contributed by atoms with Crippen molar-refractivity contribution in [2.24, 2.45) is 0 Å². The van der Waals surface area contributed by atoms with E-state index < -0.39 is 0 Å². The molecule has 3 aromatic heterocycles. The molecule has 52 heavy (non-hydrogen) atoms. The van der Waals surface area contributed by atoms with E-state index in [1.165, 1.54) is 5.56 Å². The van der Waals surface area contributed by atoms with Gasteiger partial charge in [-0.2, -0.15) is 0 Å². The van der Waals surface area contributed by atoms with E-state index in [9.17, 15) is 0 Å². The van der Waals surface area contributed by atoms with Crippen LogP contribution in [0.15, 0.2) is 189 Å². The summed E-state index contributed by atoms with van der Waals surface area (Å²) < 4.78 is 19.2. The number of benzene rings is 7. The van der Waals surface area contributed by atoms with Crippen molar-refractivity contribution in [3.8, 4) is 11.1 Å². The molecule has 0 aliphatic heterocycles. The number of anilines is 3. The van der Waals surface area contributed by atoms with Crippen molar-refractivity contribution in [3.63, 3.8) is 0 Å². The van der Waals surface area contributed by atoms with Gasteiger partial charge in [0, 0.05) is 33.8 Å². The number of aromatic nitrogens is 1. The molecule has 5 heteroatoms. The highest BCUT2D eigenvalue weighted by Crippen LogP contribution is 2.44. The molecule has 0 radical (unpaired) electrons. The predicted octanol–water partition coefficient (Wildman–Crippen LogP) is 13.2. The number of oxazole rings is 1. The third kappa shape index (κ3) is 5.24. The topological polar surface area (TPSA) is 55.6 Å². The molecular weight excluding hydrogens is 641 g/mol. The van der Waals surface area contributed by atoms with Crippen molar-refractivity contribution in [2.75, 3.05) is 4.90 Å². The Kier molecular flexibility index (Phi) is 7.07. The molecule has 5 nitrogen and oxygen atoms in total. The number of nitrogens with zero attached hydrogens (tertiary/aromatic N) is 2. The summed E-state index contributed by atoms with van der Waals surface area (Å²) in [4.78, 5) is 7.10. The number of furan rings is 2. The molecule has 0 amide bonds. The summed E-state index contributed by atoms with van der Waals surface area (Å²) in [6, 6.07) is 60.0. The van der Waals surface area contributed by atoms with Crippen LogP contribution in [0.4, 0.5) is 17.1 Å². The minimum absolute atomic E-state index is 0.541. The van der Waals surface area contributed by atoms with Crippen molar-refractivity contribution >= 4 is 72.7 Å². The first-order chi connectivity index (χ1) is 25.7. The van der Waals surface area contributed by atoms with Gasteiger partial charge in [-0.3, -0.25) is 0 Å². The molecule has 7 aromatic carbocycles. The van der Waals surface area contributed by atoms with Crippen molar-refractivity contribution in [1.82, 2.24) is 4.98 Å². The summed E-state index contributed by atoms with van der Waals surface area (Å²) in [5, 5.41) is 3.11. The van der Waals surface area contributed by atoms with E-state index in [0.717, 1.165) is 77.8 Å². The van der Waals surface area contributed by atoms with Crippen LogP contribution in [0.3, 0.4) is 0 Å². The van der Waals surface area contributed by atoms with Crippen LogP contribution in [0.5, 0.6) is 0 Å². The average Bonchev–Trinajstić information content (AvgIpc) is 3.93. The van der Waals surface area contributed by atoms with Crippen molar-refractivity contribution in [1.29, 1.82) is 0 Å². The van der Waals surface area contributed by atoms with E-state index in [1.54, 1.807) is 0 Å². The molecule has 0 spiro atoms. The second-order valence-corrected chi connectivity index (χ2v) is 12.8. The second kappa shape index (κ2) is 12.3. The number of rotatable bonds is 7. The van der Waals surface area contributed by atoms with Gasteiger partial charge in [0.15, 0.2) is 5.58 Å². The van der Waals surface area contributed by atoms with E-state index in [1.807, 2.05) is 72.8 Å². The van der Waals surface area contributed by atoms with Crippen molar-refractivity contribution in [3.05, 3.63) is 193 Å². The predicted molar refractivity (Wildman–Crippen MR) is 211 cm³/mol. The van der Waals surface area contributed by atoms with Crippen molar-refractivity contribution in [2.45, 2.75) is 0 Å². The van der Waals surface area contributed by atoms with Crippen LogP contribution in [0, 0.1) is 0 Å². The van der Waals surface area contributed by atoms with Crippen LogP contribution in [-0.4, -0.2) is 4.98 Å². The molecule has 0 atom stereocenters. The van der Waals surface area contributed by atoms with Gasteiger partial charge in [0.25, 0.3) is 0 Å². The Bertz CT molecular complexity index is 2860. The van der Waals surface area contributed by atoms with Crippen LogP contribution in [0.25, 0.3) is 66.8 Å². The lowest BCUT2D eigenvalue weighted by atomic mass is 10.0. The Morgan fingerprint density at radius 3 is 2.02 bits per heavy atom. The Morgan fingerprint density at radius 1 is 0.500 bits per heavy atom. The van der Waals surface area contributed by atoms with E-state index in [0.29, 0.717) is 11.7 Å². The molecule has 10 rings (SSSR count). The van der Waals surface area contributed by atoms with E-state index in [4.69, 9.17) is 18.2 Å². The van der Waals surface area contributed by atoms with E-state index in [-0.39, 0.29) is 0 Å². The smallest absolute Gasteiger partial charge is 0.228 e. The molecule has 0 unspecified atom stereocenters. The third-order valence-electron chi connectivity index (χ3n) is 9.53. The maximum Gasteiger partial charge on any atom is 0.228 e. The SMILES string of the molecule is C(=C(/c1ccccc1)c1nc2ccccc2o1)/c1cc2ccc(N(c3ccc(-c4ccccc4)cc3)c3cccc4oc5ccccc5c34)cc2o1. The Morgan fingerprint density at radius 2 is 1.19 bits per heavy atom. The lowest BCUT2D eigenvalue weighted by Gasteiger charge is -2.26. The summed E-state index contributed by atoms with van der Waals surface area (Å²) in [6.07, 6.45) is 2.01. The van der Waals surface area contributed by atoms with E-state index >= 15 is 0 Å². The lowest BCUT2D eigenvalue weighted by Crippen LogP contribution is -2.10. The molecular formula is C47H30N2O3. The van der Waals surface area contributed by atoms with Crippen LogP contribution in [-0.2, 0) is 0 Å². The standard InChI is InChI=1S/C47H30N2O3/c1-3-12-31(13-4-1)32-22-25-35(26-23-32)49(41-18-11-21-44-46(41)38-16-7-9-19-42(38)51-44)36-27-24-34-28-37(50-45(34)29-36)30-39(33-14-5-2-6-15-33)47-48-40-17-8-10-20-43(40)52-47/h1-30H/b39-30+. The van der Waals surface area contributed by atoms with E-state index in [2.05, 4.69) is 114 Å². The Labute approximate surface area is 299 Å². The molecule has 0 aliphatic carbocycles. The highest BCUT2D eigenvalue weighted by atomic mass is 16.4. The summed E-state index contributed by atoms with van der Waals surface area (Å²) in [7, 11) is 0. The quantitative estimate of drug-likeness (QED) is 0.169. The van der Waals surface area contributed by atoms with Gasteiger partial charge in [-0.15, -0.1) is 0 Å². The van der Waals surface area contributed by atoms with Gasteiger partial charge in [-0.05, 0) is 83.4 Å². The van der Waals surface area contributed by atoms with Gasteiger partial charge in [0.2, 0.25) is 5.89 Å². The molecule has 0 aliphatic rings. The van der Waals surface area contributed by atoms with Gasteiger partial charge >= 0.3 is 0 Å². The highest BCUT2D eigenvalue weighted by Gasteiger charge is 2.21. The molecule has 0 saturated carbocycles. The maximum atomic E-state index is 6.61. The monoisotopic (exact) mass is 670 g/mol. The van der Waals surface area contributed by atoms with Crippen molar-refractivity contribution < 1.29 is 13.3 Å². The van der Waals surface area contributed by atoms with Crippen LogP contribution >= 0.6 is 0 Å². The number of hydrogen-bond acceptors (Lipinski definition) is 5. The lowest BCUT2D eigenvalue weighted by molar-refractivity contribution is 0.583. The second-order valence-electron chi connectivity index (χ2n) is 12.8. The summed E-state index contributed by atoms with van der Waals surface area (Å²) in [5.74, 6) is 1.24. The number of fused-ring (bicyclic) bond motifs is 5. The van der Waals surface area contributed by atoms with Crippen LogP contribution < -0.4 is 4.90 Å². The number of para-hydroxylation sites is 3. The van der Waals surface area contributed by atoms with Gasteiger partial charge in [-0.25, -0.2) is 4.98 Å². The van der Waals surface area contributed by atoms with Crippen LogP contribution in [0.2, 0.25) is 0 Å². The van der Waals surface area contributed by atoms with Crippen LogP contribution in [0.1, 0.15) is 17.2 Å². The largest absolute Gasteiger partial charge is 0.457 e. The van der Waals surface area contributed by atoms with Gasteiger partial charge in [-0.1, -0.05) is 109 Å². The summed E-state index contributed by atoms with van der Waals surface area (Å²) in [5.41, 5.74) is 11.2. The van der Waals surface area contributed by atoms with Gasteiger partial charge in [0.1, 0.15) is 28.0 Å². The summed E-state index contributed by atoms with van der Waals surface area (Å²) in [6.45, 7) is 0. The zero-order chi connectivity index (χ0) is 34.4. The van der Waals surface area contributed by atoms with Gasteiger partial charge < -0.3 is 18.2 Å². The average molecular weight is 671 g/mol. The molecule has 10 aromatic rings. The first-order valence-electron chi connectivity index (χ1n) is 17.3. The fourth-order valence-corrected chi connectivity index (χ4v) is 7.07. The molecule has 0 fully saturated rings. The number of hydrogen-bond donors (Lipinski definition) is 0. The first-order valence-corrected chi connectivity index (χ1v) is 17.3. The highest BCUT2D eigenvalue weighted by molar-refractivity contribution is 6.13. The molecule has 3 heterocycles. The Balaban J connectivity index is 1.12. The minimum Gasteiger partial charge on any atom is -0.457 e. The third-order valence-corrected chi connectivity index (χ3v) is 9.53. The zero-order valence-corrected chi connectivity index (χ0v) is 27.9. The summed E-state index contributed by atoms with van der Waals surface area (Å²) >= 11 is 0. The maximum absolute atomic E-state index is 6.61. The molecule has 0 N–H and O–H groups in total. The fraction of sp³-hybridized carbons (Fsp3) is 0. The molecule has 246 valence electrons. The minimum atomic E-state index is 0.541. The molecule has 0 bridgehead atoms. The van der Waals surface area contributed by atoms with Gasteiger partial charge in [0.05, 0.1) is 11.1 Å². The molecule has 0 saturated heterocycles. The zero-order valence-electron chi connectivity index (χ0n) is 27.9. The fourth-order valence-electron chi connectivity index (χ4n) is 7.07.